The zero-order valence-corrected chi connectivity index (χ0v) is 14.6. The lowest BCUT2D eigenvalue weighted by Crippen LogP contribution is -2.38. The number of aliphatic hydroxyl groups excluding tert-OH is 1. The van der Waals surface area contributed by atoms with E-state index in [0.717, 1.165) is 22.3 Å². The molecule has 1 unspecified atom stereocenters. The Morgan fingerprint density at radius 2 is 1.81 bits per heavy atom. The van der Waals surface area contributed by atoms with Crippen molar-refractivity contribution in [3.05, 3.63) is 89.2 Å². The highest BCUT2D eigenvalue weighted by molar-refractivity contribution is 6.01. The van der Waals surface area contributed by atoms with Crippen molar-refractivity contribution >= 4 is 5.91 Å². The molecule has 0 saturated heterocycles. The minimum absolute atomic E-state index is 0.0944. The number of aliphatic hydroxyl groups is 1. The van der Waals surface area contributed by atoms with Gasteiger partial charge in [0.05, 0.1) is 23.9 Å². The second kappa shape index (κ2) is 6.73. The second-order valence-corrected chi connectivity index (χ2v) is 6.59. The highest BCUT2D eigenvalue weighted by Gasteiger charge is 2.29. The summed E-state index contributed by atoms with van der Waals surface area (Å²) in [6.07, 6.45) is 1.07. The second-order valence-electron chi connectivity index (χ2n) is 6.59. The summed E-state index contributed by atoms with van der Waals surface area (Å²) in [5, 5.41) is 10.5. The molecule has 0 radical (unpaired) electrons. The van der Waals surface area contributed by atoms with Gasteiger partial charge in [-0.1, -0.05) is 54.6 Å². The van der Waals surface area contributed by atoms with Crippen LogP contribution in [0.1, 0.15) is 33.3 Å². The number of carbonyl (C=O) groups excluding carboxylic acids is 1. The summed E-state index contributed by atoms with van der Waals surface area (Å²) in [6.45, 7) is 2.64. The van der Waals surface area contributed by atoms with Gasteiger partial charge in [-0.05, 0) is 35.2 Å². The summed E-state index contributed by atoms with van der Waals surface area (Å²) in [5.74, 6) is -0.0944. The SMILES string of the molecule is Cc1nccc(-c2ccccc2)c1C(=O)N1Cc2ccccc2C(O)C1. The minimum Gasteiger partial charge on any atom is -0.387 e. The van der Waals surface area contributed by atoms with Gasteiger partial charge in [-0.15, -0.1) is 0 Å². The molecule has 1 atom stereocenters. The quantitative estimate of drug-likeness (QED) is 0.770. The average molecular weight is 344 g/mol. The summed E-state index contributed by atoms with van der Waals surface area (Å²) in [7, 11) is 0. The van der Waals surface area contributed by atoms with Gasteiger partial charge in [0.1, 0.15) is 0 Å². The van der Waals surface area contributed by atoms with Crippen LogP contribution < -0.4 is 0 Å². The van der Waals surface area contributed by atoms with Crippen molar-refractivity contribution in [2.75, 3.05) is 6.54 Å². The van der Waals surface area contributed by atoms with Gasteiger partial charge in [-0.2, -0.15) is 0 Å². The van der Waals surface area contributed by atoms with Crippen molar-refractivity contribution in [3.8, 4) is 11.1 Å². The maximum Gasteiger partial charge on any atom is 0.256 e. The fourth-order valence-electron chi connectivity index (χ4n) is 3.59. The Morgan fingerprint density at radius 3 is 2.62 bits per heavy atom. The normalized spacial score (nSPS) is 16.2. The third-order valence-electron chi connectivity index (χ3n) is 4.90. The number of carbonyl (C=O) groups is 1. The molecular formula is C22H20N2O2. The first kappa shape index (κ1) is 16.5. The number of rotatable bonds is 2. The number of aryl methyl sites for hydroxylation is 1. The monoisotopic (exact) mass is 344 g/mol. The topological polar surface area (TPSA) is 53.4 Å². The maximum atomic E-state index is 13.3. The first-order valence-corrected chi connectivity index (χ1v) is 8.71. The number of β-amino-alcohol motifs (C(OH)–C–C–N with tert-alkyl or cyclic N) is 1. The third-order valence-corrected chi connectivity index (χ3v) is 4.90. The van der Waals surface area contributed by atoms with Crippen LogP contribution in [0.25, 0.3) is 11.1 Å². The largest absolute Gasteiger partial charge is 0.387 e. The van der Waals surface area contributed by atoms with Gasteiger partial charge in [0.2, 0.25) is 0 Å². The molecule has 0 bridgehead atoms. The van der Waals surface area contributed by atoms with Gasteiger partial charge in [-0.3, -0.25) is 9.78 Å². The molecule has 0 fully saturated rings. The first-order valence-electron chi connectivity index (χ1n) is 8.71. The van der Waals surface area contributed by atoms with E-state index in [1.54, 1.807) is 11.1 Å². The number of benzene rings is 2. The number of amides is 1. The van der Waals surface area contributed by atoms with Crippen LogP contribution in [0, 0.1) is 6.92 Å². The van der Waals surface area contributed by atoms with Crippen molar-refractivity contribution in [2.24, 2.45) is 0 Å². The van der Waals surface area contributed by atoms with Crippen molar-refractivity contribution < 1.29 is 9.90 Å². The molecule has 26 heavy (non-hydrogen) atoms. The van der Waals surface area contributed by atoms with E-state index in [2.05, 4.69) is 4.98 Å². The first-order chi connectivity index (χ1) is 12.6. The summed E-state index contributed by atoms with van der Waals surface area (Å²) in [5.41, 5.74) is 5.05. The summed E-state index contributed by atoms with van der Waals surface area (Å²) in [6, 6.07) is 19.5. The van der Waals surface area contributed by atoms with Crippen LogP contribution in [0.5, 0.6) is 0 Å². The molecule has 0 saturated carbocycles. The van der Waals surface area contributed by atoms with Gasteiger partial charge in [0.15, 0.2) is 0 Å². The van der Waals surface area contributed by atoms with E-state index in [4.69, 9.17) is 0 Å². The van der Waals surface area contributed by atoms with Crippen LogP contribution in [0.4, 0.5) is 0 Å². The van der Waals surface area contributed by atoms with Crippen LogP contribution in [0.2, 0.25) is 0 Å². The summed E-state index contributed by atoms with van der Waals surface area (Å²) < 4.78 is 0. The predicted molar refractivity (Wildman–Crippen MR) is 101 cm³/mol. The molecule has 4 nitrogen and oxygen atoms in total. The lowest BCUT2D eigenvalue weighted by molar-refractivity contribution is 0.0549. The molecule has 1 aromatic heterocycles. The van der Waals surface area contributed by atoms with Crippen LogP contribution in [0.3, 0.4) is 0 Å². The van der Waals surface area contributed by atoms with Gasteiger partial charge in [0, 0.05) is 12.7 Å². The van der Waals surface area contributed by atoms with E-state index in [1.807, 2.05) is 67.6 Å². The van der Waals surface area contributed by atoms with E-state index in [-0.39, 0.29) is 5.91 Å². The van der Waals surface area contributed by atoms with Crippen LogP contribution >= 0.6 is 0 Å². The van der Waals surface area contributed by atoms with Gasteiger partial charge in [0.25, 0.3) is 5.91 Å². The molecule has 4 rings (SSSR count). The zero-order valence-electron chi connectivity index (χ0n) is 14.6. The molecular weight excluding hydrogens is 324 g/mol. The molecule has 0 spiro atoms. The highest BCUT2D eigenvalue weighted by atomic mass is 16.3. The number of fused-ring (bicyclic) bond motifs is 1. The molecule has 2 aromatic carbocycles. The molecule has 4 heteroatoms. The minimum atomic E-state index is -0.666. The number of nitrogens with zero attached hydrogens (tertiary/aromatic N) is 2. The van der Waals surface area contributed by atoms with Gasteiger partial charge < -0.3 is 10.0 Å². The Bertz CT molecular complexity index is 953. The van der Waals surface area contributed by atoms with Crippen molar-refractivity contribution in [1.29, 1.82) is 0 Å². The van der Waals surface area contributed by atoms with Gasteiger partial charge in [-0.25, -0.2) is 0 Å². The molecule has 130 valence electrons. The van der Waals surface area contributed by atoms with E-state index in [9.17, 15) is 9.90 Å². The van der Waals surface area contributed by atoms with Crippen LogP contribution in [-0.4, -0.2) is 27.4 Å². The number of aromatic nitrogens is 1. The highest BCUT2D eigenvalue weighted by Crippen LogP contribution is 2.31. The molecule has 0 aliphatic carbocycles. The Morgan fingerprint density at radius 1 is 1.08 bits per heavy atom. The van der Waals surface area contributed by atoms with Crippen LogP contribution in [0.15, 0.2) is 66.9 Å². The lowest BCUT2D eigenvalue weighted by atomic mass is 9.94. The van der Waals surface area contributed by atoms with Crippen molar-refractivity contribution in [3.63, 3.8) is 0 Å². The molecule has 3 aromatic rings. The summed E-state index contributed by atoms with van der Waals surface area (Å²) >= 11 is 0. The van der Waals surface area contributed by atoms with E-state index in [1.165, 1.54) is 0 Å². The number of hydrogen-bond acceptors (Lipinski definition) is 3. The lowest BCUT2D eigenvalue weighted by Gasteiger charge is -2.33. The standard InChI is InChI=1S/C22H20N2O2/c1-15-21(19(11-12-23-15)16-7-3-2-4-8-16)22(26)24-13-17-9-5-6-10-18(17)20(25)14-24/h2-12,20,25H,13-14H2,1H3. The van der Waals surface area contributed by atoms with Gasteiger partial charge >= 0.3 is 0 Å². The smallest absolute Gasteiger partial charge is 0.256 e. The molecule has 2 heterocycles. The van der Waals surface area contributed by atoms with Crippen molar-refractivity contribution in [2.45, 2.75) is 19.6 Å². The third kappa shape index (κ3) is 2.89. The Hall–Kier alpha value is -2.98. The zero-order chi connectivity index (χ0) is 18.1. The predicted octanol–water partition coefficient (Wildman–Crippen LogP) is 3.75. The Balaban J connectivity index is 1.74. The molecule has 1 aliphatic rings. The van der Waals surface area contributed by atoms with E-state index < -0.39 is 6.10 Å². The van der Waals surface area contributed by atoms with E-state index in [0.29, 0.717) is 24.3 Å². The average Bonchev–Trinajstić information content (AvgIpc) is 2.68. The number of pyridine rings is 1. The molecule has 1 N–H and O–H groups in total. The fourth-order valence-corrected chi connectivity index (χ4v) is 3.59. The maximum absolute atomic E-state index is 13.3. The molecule has 1 amide bonds. The summed E-state index contributed by atoms with van der Waals surface area (Å²) in [4.78, 5) is 19.4. The Kier molecular flexibility index (Phi) is 4.27. The number of hydrogen-bond donors (Lipinski definition) is 1. The molecule has 1 aliphatic heterocycles. The van der Waals surface area contributed by atoms with E-state index >= 15 is 0 Å². The fraction of sp³-hybridized carbons (Fsp3) is 0.182. The Labute approximate surface area is 152 Å². The van der Waals surface area contributed by atoms with Crippen LogP contribution in [-0.2, 0) is 6.54 Å². The van der Waals surface area contributed by atoms with Crippen molar-refractivity contribution in [1.82, 2.24) is 9.88 Å².